The van der Waals surface area contributed by atoms with E-state index in [9.17, 15) is 9.59 Å². The third-order valence-electron chi connectivity index (χ3n) is 6.80. The largest absolute Gasteiger partial charge is 0.333 e. The molecule has 0 N–H and O–H groups in total. The van der Waals surface area contributed by atoms with Gasteiger partial charge < -0.3 is 9.47 Å². The summed E-state index contributed by atoms with van der Waals surface area (Å²) in [5.74, 6) is 0.0392. The first-order valence-electron chi connectivity index (χ1n) is 13.0. The van der Waals surface area contributed by atoms with Gasteiger partial charge in [0, 0.05) is 19.2 Å². The number of aromatic nitrogens is 1. The van der Waals surface area contributed by atoms with Gasteiger partial charge in [-0.05, 0) is 49.6 Å². The Hall–Kier alpha value is -3.34. The predicted octanol–water partition coefficient (Wildman–Crippen LogP) is 6.43. The van der Waals surface area contributed by atoms with Crippen molar-refractivity contribution in [3.05, 3.63) is 83.7 Å². The van der Waals surface area contributed by atoms with E-state index in [0.717, 1.165) is 60.3 Å². The number of para-hydroxylation sites is 2. The van der Waals surface area contributed by atoms with E-state index in [2.05, 4.69) is 61.9 Å². The number of anilines is 1. The van der Waals surface area contributed by atoms with Crippen LogP contribution in [0.4, 0.5) is 5.69 Å². The van der Waals surface area contributed by atoms with Gasteiger partial charge in [0.2, 0.25) is 11.8 Å². The van der Waals surface area contributed by atoms with Crippen molar-refractivity contribution in [2.75, 3.05) is 18.0 Å². The number of fused-ring (bicyclic) bond motifs is 3. The third-order valence-corrected chi connectivity index (χ3v) is 6.80. The second-order valence-electron chi connectivity index (χ2n) is 9.50. The molecular weight excluding hydrogens is 434 g/mol. The van der Waals surface area contributed by atoms with Gasteiger partial charge >= 0.3 is 0 Å². The maximum atomic E-state index is 14.1. The van der Waals surface area contributed by atoms with Gasteiger partial charge in [-0.25, -0.2) is 0 Å². The van der Waals surface area contributed by atoms with Crippen LogP contribution in [0.2, 0.25) is 0 Å². The molecule has 2 aromatic carbocycles. The fourth-order valence-electron chi connectivity index (χ4n) is 4.98. The molecule has 5 heteroatoms. The summed E-state index contributed by atoms with van der Waals surface area (Å²) >= 11 is 0. The number of rotatable bonds is 10. The zero-order valence-corrected chi connectivity index (χ0v) is 21.2. The molecule has 0 radical (unpaired) electrons. The Bertz CT molecular complexity index is 1170. The van der Waals surface area contributed by atoms with Crippen LogP contribution in [0.25, 0.3) is 5.69 Å². The number of aryl methyl sites for hydroxylation is 1. The molecule has 3 aromatic rings. The lowest BCUT2D eigenvalue weighted by molar-refractivity contribution is -0.135. The van der Waals surface area contributed by atoms with Gasteiger partial charge in [0.1, 0.15) is 12.6 Å². The normalized spacial score (nSPS) is 14.4. The van der Waals surface area contributed by atoms with Gasteiger partial charge in [-0.15, -0.1) is 0 Å². The van der Waals surface area contributed by atoms with Crippen molar-refractivity contribution in [3.8, 4) is 5.69 Å². The molecule has 35 heavy (non-hydrogen) atoms. The van der Waals surface area contributed by atoms with E-state index in [-0.39, 0.29) is 24.4 Å². The number of carbonyl (C=O) groups excluding carboxylic acids is 2. The van der Waals surface area contributed by atoms with E-state index in [1.54, 1.807) is 4.90 Å². The summed E-state index contributed by atoms with van der Waals surface area (Å²) in [4.78, 5) is 30.9. The van der Waals surface area contributed by atoms with Crippen LogP contribution in [-0.2, 0) is 9.59 Å². The zero-order chi connectivity index (χ0) is 24.8. The van der Waals surface area contributed by atoms with E-state index in [1.165, 1.54) is 0 Å². The van der Waals surface area contributed by atoms with Crippen LogP contribution in [0.15, 0.2) is 66.9 Å². The number of nitrogens with zero attached hydrogens (tertiary/aromatic N) is 3. The second-order valence-corrected chi connectivity index (χ2v) is 9.50. The number of hydrogen-bond acceptors (Lipinski definition) is 2. The summed E-state index contributed by atoms with van der Waals surface area (Å²) in [5, 5.41) is 0. The highest BCUT2D eigenvalue weighted by atomic mass is 16.2. The molecule has 1 aliphatic rings. The Balaban J connectivity index is 1.71. The molecule has 1 atom stereocenters. The van der Waals surface area contributed by atoms with Crippen LogP contribution in [0, 0.1) is 6.92 Å². The lowest BCUT2D eigenvalue weighted by Crippen LogP contribution is -2.47. The summed E-state index contributed by atoms with van der Waals surface area (Å²) in [6, 6.07) is 20.3. The average molecular weight is 472 g/mol. The lowest BCUT2D eigenvalue weighted by Gasteiger charge is -2.39. The van der Waals surface area contributed by atoms with E-state index in [0.29, 0.717) is 13.0 Å². The molecule has 0 fully saturated rings. The number of unbranched alkanes of at least 4 members (excludes halogenated alkanes) is 3. The fraction of sp³-hybridized carbons (Fsp3) is 0.400. The topological polar surface area (TPSA) is 45.6 Å². The van der Waals surface area contributed by atoms with E-state index < -0.39 is 0 Å². The Labute approximate surface area is 209 Å². The fourth-order valence-corrected chi connectivity index (χ4v) is 4.98. The first-order valence-corrected chi connectivity index (χ1v) is 13.0. The number of amides is 2. The Morgan fingerprint density at radius 1 is 0.886 bits per heavy atom. The maximum Gasteiger partial charge on any atom is 0.247 e. The average Bonchev–Trinajstić information content (AvgIpc) is 3.35. The summed E-state index contributed by atoms with van der Waals surface area (Å²) in [6.07, 6.45) is 7.43. The molecule has 1 aromatic heterocycles. The highest BCUT2D eigenvalue weighted by Crippen LogP contribution is 2.42. The molecule has 2 heterocycles. The van der Waals surface area contributed by atoms with Crippen molar-refractivity contribution in [2.24, 2.45) is 0 Å². The molecular formula is C30H37N3O2. The summed E-state index contributed by atoms with van der Waals surface area (Å²) in [7, 11) is 0. The van der Waals surface area contributed by atoms with E-state index >= 15 is 0 Å². The van der Waals surface area contributed by atoms with Crippen molar-refractivity contribution >= 4 is 17.5 Å². The van der Waals surface area contributed by atoms with Crippen molar-refractivity contribution < 1.29 is 9.59 Å². The smallest absolute Gasteiger partial charge is 0.247 e. The molecule has 184 valence electrons. The molecule has 0 spiro atoms. The quantitative estimate of drug-likeness (QED) is 0.320. The maximum absolute atomic E-state index is 14.1. The monoisotopic (exact) mass is 471 g/mol. The molecule has 0 saturated carbocycles. The van der Waals surface area contributed by atoms with Gasteiger partial charge in [-0.2, -0.15) is 0 Å². The number of hydrogen-bond donors (Lipinski definition) is 0. The minimum absolute atomic E-state index is 0.0450. The van der Waals surface area contributed by atoms with Crippen LogP contribution in [-0.4, -0.2) is 34.4 Å². The molecule has 0 aliphatic carbocycles. The predicted molar refractivity (Wildman–Crippen MR) is 142 cm³/mol. The van der Waals surface area contributed by atoms with Crippen molar-refractivity contribution in [1.29, 1.82) is 0 Å². The Morgan fingerprint density at radius 3 is 2.40 bits per heavy atom. The second kappa shape index (κ2) is 11.4. The van der Waals surface area contributed by atoms with Gasteiger partial charge in [0.25, 0.3) is 0 Å². The lowest BCUT2D eigenvalue weighted by atomic mass is 9.96. The van der Waals surface area contributed by atoms with Crippen molar-refractivity contribution in [2.45, 2.75) is 65.3 Å². The van der Waals surface area contributed by atoms with Crippen LogP contribution < -0.4 is 4.90 Å². The van der Waals surface area contributed by atoms with Crippen LogP contribution >= 0.6 is 0 Å². The van der Waals surface area contributed by atoms with Crippen molar-refractivity contribution in [1.82, 2.24) is 9.47 Å². The van der Waals surface area contributed by atoms with Crippen molar-refractivity contribution in [3.63, 3.8) is 0 Å². The van der Waals surface area contributed by atoms with Gasteiger partial charge in [-0.1, -0.05) is 75.1 Å². The SMILES string of the molecule is CCCCCC(=O)N(CCCC)CC(=O)N1c2ccccc2-n2cccc2C1c1cccc(C)c1. The molecule has 2 amide bonds. The van der Waals surface area contributed by atoms with Crippen LogP contribution in [0.5, 0.6) is 0 Å². The molecule has 0 bridgehead atoms. The molecule has 1 unspecified atom stereocenters. The van der Waals surface area contributed by atoms with E-state index in [1.807, 2.05) is 35.2 Å². The highest BCUT2D eigenvalue weighted by Gasteiger charge is 2.36. The highest BCUT2D eigenvalue weighted by molar-refractivity contribution is 6.00. The summed E-state index contributed by atoms with van der Waals surface area (Å²) < 4.78 is 2.18. The summed E-state index contributed by atoms with van der Waals surface area (Å²) in [5.41, 5.74) is 5.14. The first kappa shape index (κ1) is 24.8. The van der Waals surface area contributed by atoms with E-state index in [4.69, 9.17) is 0 Å². The molecule has 0 saturated heterocycles. The van der Waals surface area contributed by atoms with Gasteiger partial charge in [0.15, 0.2) is 0 Å². The molecule has 4 rings (SSSR count). The molecule has 1 aliphatic heterocycles. The van der Waals surface area contributed by atoms with Gasteiger partial charge in [-0.3, -0.25) is 14.5 Å². The number of carbonyl (C=O) groups is 2. The molecule has 5 nitrogen and oxygen atoms in total. The van der Waals surface area contributed by atoms with Crippen LogP contribution in [0.3, 0.4) is 0 Å². The van der Waals surface area contributed by atoms with Crippen LogP contribution in [0.1, 0.15) is 75.2 Å². The minimum Gasteiger partial charge on any atom is -0.333 e. The minimum atomic E-state index is -0.254. The number of benzene rings is 2. The third kappa shape index (κ3) is 5.34. The summed E-state index contributed by atoms with van der Waals surface area (Å²) in [6.45, 7) is 7.05. The Kier molecular flexibility index (Phi) is 8.06. The Morgan fingerprint density at radius 2 is 1.66 bits per heavy atom. The zero-order valence-electron chi connectivity index (χ0n) is 21.2. The standard InChI is InChI=1S/C30H37N3O2/c1-4-6-8-18-28(34)31(19-7-5-2)22-29(35)33-26-16-10-9-15-25(26)32-20-12-17-27(32)30(33)24-14-11-13-23(3)21-24/h9-17,20-21,30H,4-8,18-19,22H2,1-3H3. The van der Waals surface area contributed by atoms with Gasteiger partial charge in [0.05, 0.1) is 17.1 Å². The first-order chi connectivity index (χ1) is 17.0.